The van der Waals surface area contributed by atoms with Crippen LogP contribution in [0.1, 0.15) is 11.1 Å². The summed E-state index contributed by atoms with van der Waals surface area (Å²) >= 11 is 0. The third kappa shape index (κ3) is 10.6. The van der Waals surface area contributed by atoms with E-state index in [0.29, 0.717) is 0 Å². The van der Waals surface area contributed by atoms with Crippen molar-refractivity contribution in [2.75, 3.05) is 0 Å². The molecule has 2 heteroatoms. The van der Waals surface area contributed by atoms with E-state index in [9.17, 15) is 0 Å². The predicted molar refractivity (Wildman–Crippen MR) is 159 cm³/mol. The van der Waals surface area contributed by atoms with Crippen LogP contribution in [0.15, 0.2) is 146 Å². The van der Waals surface area contributed by atoms with Crippen LogP contribution in [0.25, 0.3) is 21.5 Å². The molecule has 0 heterocycles. The molecular formula is C34H34SiTi. The van der Waals surface area contributed by atoms with Gasteiger partial charge in [0.2, 0.25) is 0 Å². The number of hydrogen-bond donors (Lipinski definition) is 0. The van der Waals surface area contributed by atoms with Gasteiger partial charge in [0.1, 0.15) is 0 Å². The smallest absolute Gasteiger partial charge is 0.199 e. The third-order valence-electron chi connectivity index (χ3n) is 5.26. The van der Waals surface area contributed by atoms with Gasteiger partial charge in [0, 0.05) is 0 Å². The number of fused-ring (bicyclic) bond motifs is 2. The van der Waals surface area contributed by atoms with Gasteiger partial charge in [-0.3, -0.25) is 0 Å². The molecule has 0 saturated heterocycles. The number of rotatable bonds is 2. The van der Waals surface area contributed by atoms with E-state index >= 15 is 0 Å². The number of hydrogen-bond acceptors (Lipinski definition) is 0. The van der Waals surface area contributed by atoms with Gasteiger partial charge >= 0.3 is 21.7 Å². The molecule has 0 aliphatic heterocycles. The zero-order chi connectivity index (χ0) is 24.7. The second-order valence-electron chi connectivity index (χ2n) is 8.62. The molecular weight excluding hydrogens is 484 g/mol. The van der Waals surface area contributed by atoms with Crippen molar-refractivity contribution in [3.63, 3.8) is 0 Å². The zero-order valence-electron chi connectivity index (χ0n) is 21.2. The van der Waals surface area contributed by atoms with Gasteiger partial charge in [-0.2, -0.15) is 83.4 Å². The van der Waals surface area contributed by atoms with Crippen LogP contribution >= 0.6 is 0 Å². The fourth-order valence-electron chi connectivity index (χ4n) is 3.57. The quantitative estimate of drug-likeness (QED) is 0.158. The Morgan fingerprint density at radius 2 is 0.972 bits per heavy atom. The standard InChI is InChI=1S/C9H13Si.2C9H7.C7H7.Ti/c1-10(2)8-9-6-4-3-5-7-9;2*1-2-5-9-7-3-6-8(9)4-1;1-7-5-3-2-4-6-7;/h3-8,10H,1-2H3;2*1-7H;2-6H,1H2;/q4*-1;+4. The summed E-state index contributed by atoms with van der Waals surface area (Å²) in [6, 6.07) is 52.2. The van der Waals surface area contributed by atoms with Gasteiger partial charge in [-0.05, 0) is 8.80 Å². The summed E-state index contributed by atoms with van der Waals surface area (Å²) in [5, 5.41) is 5.32. The van der Waals surface area contributed by atoms with Crippen molar-refractivity contribution in [2.45, 2.75) is 13.1 Å². The molecule has 6 aromatic rings. The molecule has 0 aliphatic carbocycles. The molecule has 0 unspecified atom stereocenters. The Morgan fingerprint density at radius 3 is 1.36 bits per heavy atom. The largest absolute Gasteiger partial charge is 4.00 e. The summed E-state index contributed by atoms with van der Waals surface area (Å²) in [5.74, 6) is 0. The van der Waals surface area contributed by atoms with Crippen LogP contribution in [-0.2, 0) is 21.7 Å². The first kappa shape index (κ1) is 29.0. The van der Waals surface area contributed by atoms with Gasteiger partial charge in [0.25, 0.3) is 0 Å². The maximum atomic E-state index is 3.72. The van der Waals surface area contributed by atoms with Gasteiger partial charge in [-0.1, -0.05) is 37.4 Å². The Morgan fingerprint density at radius 1 is 0.556 bits per heavy atom. The van der Waals surface area contributed by atoms with Crippen molar-refractivity contribution in [2.24, 2.45) is 0 Å². The molecule has 178 valence electrons. The van der Waals surface area contributed by atoms with Crippen LogP contribution in [0, 0.1) is 13.0 Å². The minimum Gasteiger partial charge on any atom is -0.199 e. The molecule has 0 aromatic heterocycles. The summed E-state index contributed by atoms with van der Waals surface area (Å²) in [6.07, 6.45) is 0. The minimum atomic E-state index is -0.522. The zero-order valence-corrected chi connectivity index (χ0v) is 23.9. The second kappa shape index (κ2) is 16.4. The van der Waals surface area contributed by atoms with Gasteiger partial charge in [0.05, 0.1) is 0 Å². The Bertz CT molecular complexity index is 1220. The van der Waals surface area contributed by atoms with E-state index in [2.05, 4.69) is 141 Å². The second-order valence-corrected chi connectivity index (χ2v) is 11.4. The Kier molecular flexibility index (Phi) is 13.2. The van der Waals surface area contributed by atoms with Crippen LogP contribution in [0.2, 0.25) is 13.1 Å². The normalized spacial score (nSPS) is 9.53. The van der Waals surface area contributed by atoms with Crippen molar-refractivity contribution < 1.29 is 21.7 Å². The molecule has 0 N–H and O–H groups in total. The summed E-state index contributed by atoms with van der Waals surface area (Å²) in [7, 11) is -0.522. The van der Waals surface area contributed by atoms with Crippen molar-refractivity contribution in [1.82, 2.24) is 0 Å². The van der Waals surface area contributed by atoms with Crippen LogP contribution < -0.4 is 0 Å². The fourth-order valence-corrected chi connectivity index (χ4v) is 4.56. The van der Waals surface area contributed by atoms with Gasteiger partial charge < -0.3 is 0 Å². The van der Waals surface area contributed by atoms with Crippen molar-refractivity contribution in [3.8, 4) is 0 Å². The maximum Gasteiger partial charge on any atom is 4.00 e. The Balaban J connectivity index is 0.000000169. The summed E-state index contributed by atoms with van der Waals surface area (Å²) < 4.78 is 0. The molecule has 0 bridgehead atoms. The molecule has 0 nitrogen and oxygen atoms in total. The SMILES string of the molecule is C[SiH](C)[CH-]c1ccccc1.[CH2-]c1ccccc1.[Ti+4].c1ccc2[cH-]ccc2c1.c1ccc2[cH-]ccc2c1. The first-order valence-electron chi connectivity index (χ1n) is 12.1. The van der Waals surface area contributed by atoms with E-state index in [1.54, 1.807) is 0 Å². The summed E-state index contributed by atoms with van der Waals surface area (Å²) in [4.78, 5) is 0. The predicted octanol–water partition coefficient (Wildman–Crippen LogP) is 9.25. The van der Waals surface area contributed by atoms with Crippen LogP contribution in [-0.4, -0.2) is 8.80 Å². The van der Waals surface area contributed by atoms with Crippen molar-refractivity contribution in [1.29, 1.82) is 0 Å². The van der Waals surface area contributed by atoms with Crippen LogP contribution in [0.5, 0.6) is 0 Å². The van der Waals surface area contributed by atoms with Gasteiger partial charge in [-0.15, -0.1) is 83.6 Å². The number of benzene rings is 4. The Labute approximate surface area is 233 Å². The molecule has 0 amide bonds. The first-order valence-corrected chi connectivity index (χ1v) is 15.1. The average Bonchev–Trinajstić information content (AvgIpc) is 3.56. The molecule has 0 atom stereocenters. The van der Waals surface area contributed by atoms with Gasteiger partial charge in [-0.25, -0.2) is 0 Å². The monoisotopic (exact) mass is 518 g/mol. The van der Waals surface area contributed by atoms with Crippen molar-refractivity contribution >= 4 is 30.3 Å². The molecule has 0 saturated carbocycles. The minimum absolute atomic E-state index is 0. The van der Waals surface area contributed by atoms with Gasteiger partial charge in [0.15, 0.2) is 0 Å². The van der Waals surface area contributed by atoms with Crippen molar-refractivity contribution in [3.05, 3.63) is 170 Å². The molecule has 6 aromatic carbocycles. The first-order chi connectivity index (χ1) is 17.1. The molecule has 0 radical (unpaired) electrons. The molecule has 36 heavy (non-hydrogen) atoms. The van der Waals surface area contributed by atoms with E-state index in [0.717, 1.165) is 5.56 Å². The van der Waals surface area contributed by atoms with Crippen LogP contribution in [0.4, 0.5) is 0 Å². The molecule has 0 fully saturated rings. The van der Waals surface area contributed by atoms with E-state index in [1.807, 2.05) is 30.3 Å². The molecule has 6 rings (SSSR count). The maximum absolute atomic E-state index is 3.72. The fraction of sp³-hybridized carbons (Fsp3) is 0.0588. The summed E-state index contributed by atoms with van der Waals surface area (Å²) in [5.41, 5.74) is 2.45. The summed E-state index contributed by atoms with van der Waals surface area (Å²) in [6.45, 7) is 8.37. The van der Waals surface area contributed by atoms with E-state index in [-0.39, 0.29) is 21.7 Å². The molecule has 0 spiro atoms. The van der Waals surface area contributed by atoms with E-state index in [1.165, 1.54) is 27.1 Å². The topological polar surface area (TPSA) is 0 Å². The average molecular weight is 519 g/mol. The Hall–Kier alpha value is -3.23. The van der Waals surface area contributed by atoms with E-state index in [4.69, 9.17) is 0 Å². The molecule has 0 aliphatic rings. The third-order valence-corrected chi connectivity index (χ3v) is 6.31. The van der Waals surface area contributed by atoms with Crippen LogP contribution in [0.3, 0.4) is 0 Å². The van der Waals surface area contributed by atoms with E-state index < -0.39 is 8.80 Å².